The van der Waals surface area contributed by atoms with Crippen LogP contribution in [0.4, 0.5) is 0 Å². The van der Waals surface area contributed by atoms with Gasteiger partial charge in [-0.15, -0.1) is 0 Å². The maximum Gasteiger partial charge on any atom is 0.223 e. The number of carbonyl (C=O) groups is 1. The van der Waals surface area contributed by atoms with Gasteiger partial charge in [0.05, 0.1) is 0 Å². The van der Waals surface area contributed by atoms with Gasteiger partial charge in [-0.05, 0) is 43.0 Å². The molecule has 3 N–H and O–H groups in total. The molecule has 3 rings (SSSR count). The Kier molecular flexibility index (Phi) is 4.48. The molecule has 2 aromatic rings. The Morgan fingerprint density at radius 3 is 3.09 bits per heavy atom. The van der Waals surface area contributed by atoms with Crippen LogP contribution >= 0.6 is 0 Å². The third kappa shape index (κ3) is 3.17. The second-order valence-corrected chi connectivity index (χ2v) is 5.74. The van der Waals surface area contributed by atoms with Crippen molar-refractivity contribution in [3.8, 4) is 5.82 Å². The quantitative estimate of drug-likeness (QED) is 0.870. The maximum atomic E-state index is 12.3. The highest BCUT2D eigenvalue weighted by atomic mass is 16.1. The first-order valence-corrected chi connectivity index (χ1v) is 7.69. The van der Waals surface area contributed by atoms with Gasteiger partial charge < -0.3 is 11.1 Å². The average Bonchev–Trinajstić information content (AvgIpc) is 3.23. The van der Waals surface area contributed by atoms with Gasteiger partial charge in [-0.1, -0.05) is 6.42 Å². The minimum Gasteiger partial charge on any atom is -0.352 e. The molecular weight excluding hydrogens is 278 g/mol. The summed E-state index contributed by atoms with van der Waals surface area (Å²) >= 11 is 0. The van der Waals surface area contributed by atoms with E-state index < -0.39 is 0 Å². The fourth-order valence-corrected chi connectivity index (χ4v) is 3.09. The molecule has 2 atom stereocenters. The predicted molar refractivity (Wildman–Crippen MR) is 83.1 cm³/mol. The van der Waals surface area contributed by atoms with E-state index in [1.807, 2.05) is 22.9 Å². The second kappa shape index (κ2) is 6.70. The molecule has 0 bridgehead atoms. The molecule has 1 saturated carbocycles. The van der Waals surface area contributed by atoms with E-state index in [-0.39, 0.29) is 11.8 Å². The Labute approximate surface area is 129 Å². The molecule has 1 fully saturated rings. The lowest BCUT2D eigenvalue weighted by Crippen LogP contribution is -2.34. The average molecular weight is 299 g/mol. The normalized spacial score (nSPS) is 21.0. The van der Waals surface area contributed by atoms with Gasteiger partial charge in [-0.25, -0.2) is 9.97 Å². The van der Waals surface area contributed by atoms with Crippen LogP contribution in [0.2, 0.25) is 0 Å². The van der Waals surface area contributed by atoms with E-state index in [1.54, 1.807) is 18.7 Å². The monoisotopic (exact) mass is 299 g/mol. The van der Waals surface area contributed by atoms with Crippen molar-refractivity contribution in [3.63, 3.8) is 0 Å². The molecule has 2 aromatic heterocycles. The summed E-state index contributed by atoms with van der Waals surface area (Å²) in [5, 5.41) is 3.03. The first-order chi connectivity index (χ1) is 10.8. The van der Waals surface area contributed by atoms with Crippen molar-refractivity contribution >= 4 is 5.91 Å². The van der Waals surface area contributed by atoms with E-state index in [0.717, 1.165) is 30.6 Å². The Morgan fingerprint density at radius 2 is 2.32 bits per heavy atom. The number of amides is 1. The number of nitrogens with two attached hydrogens (primary N) is 1. The van der Waals surface area contributed by atoms with Crippen molar-refractivity contribution < 1.29 is 4.79 Å². The largest absolute Gasteiger partial charge is 0.352 e. The molecule has 6 heteroatoms. The lowest BCUT2D eigenvalue weighted by atomic mass is 9.95. The molecule has 2 heterocycles. The van der Waals surface area contributed by atoms with Gasteiger partial charge in [0.15, 0.2) is 0 Å². The number of hydrogen-bond donors (Lipinski definition) is 2. The van der Waals surface area contributed by atoms with E-state index in [0.29, 0.717) is 19.0 Å². The van der Waals surface area contributed by atoms with Gasteiger partial charge in [0.25, 0.3) is 0 Å². The van der Waals surface area contributed by atoms with Crippen LogP contribution in [0, 0.1) is 11.8 Å². The van der Waals surface area contributed by atoms with Crippen LogP contribution in [-0.4, -0.2) is 27.0 Å². The highest BCUT2D eigenvalue weighted by molar-refractivity contribution is 5.79. The number of aromatic nitrogens is 3. The smallest absolute Gasteiger partial charge is 0.223 e. The van der Waals surface area contributed by atoms with E-state index in [1.165, 1.54) is 0 Å². The number of hydrogen-bond acceptors (Lipinski definition) is 4. The zero-order chi connectivity index (χ0) is 15.4. The molecule has 6 nitrogen and oxygen atoms in total. The van der Waals surface area contributed by atoms with Gasteiger partial charge in [0, 0.05) is 31.1 Å². The number of pyridine rings is 1. The summed E-state index contributed by atoms with van der Waals surface area (Å²) in [6, 6.07) is 3.87. The molecule has 1 amide bonds. The van der Waals surface area contributed by atoms with Crippen molar-refractivity contribution in [1.82, 2.24) is 19.9 Å². The molecular formula is C16H21N5O. The van der Waals surface area contributed by atoms with Crippen LogP contribution in [0.3, 0.4) is 0 Å². The van der Waals surface area contributed by atoms with Gasteiger partial charge in [-0.2, -0.15) is 0 Å². The summed E-state index contributed by atoms with van der Waals surface area (Å²) in [6.07, 6.45) is 10.1. The third-order valence-electron chi connectivity index (χ3n) is 4.34. The highest BCUT2D eigenvalue weighted by Crippen LogP contribution is 2.30. The Balaban J connectivity index is 1.62. The first-order valence-electron chi connectivity index (χ1n) is 7.69. The maximum absolute atomic E-state index is 12.3. The molecule has 0 aliphatic heterocycles. The zero-order valence-corrected chi connectivity index (χ0v) is 12.5. The predicted octanol–water partition coefficient (Wildman–Crippen LogP) is 1.26. The van der Waals surface area contributed by atoms with Crippen molar-refractivity contribution in [2.45, 2.75) is 25.8 Å². The molecule has 0 unspecified atom stereocenters. The fourth-order valence-electron chi connectivity index (χ4n) is 3.09. The SMILES string of the molecule is NC[C@H]1CCC[C@H]1C(=O)NCc1ccnc(-n2ccnc2)c1. The summed E-state index contributed by atoms with van der Waals surface area (Å²) < 4.78 is 1.84. The van der Waals surface area contributed by atoms with Gasteiger partial charge in [-0.3, -0.25) is 9.36 Å². The van der Waals surface area contributed by atoms with E-state index in [4.69, 9.17) is 5.73 Å². The highest BCUT2D eigenvalue weighted by Gasteiger charge is 2.31. The number of nitrogens with zero attached hydrogens (tertiary/aromatic N) is 3. The molecule has 0 radical (unpaired) electrons. The fraction of sp³-hybridized carbons (Fsp3) is 0.438. The van der Waals surface area contributed by atoms with Gasteiger partial charge in [0.1, 0.15) is 12.1 Å². The molecule has 116 valence electrons. The molecule has 1 aliphatic rings. The number of rotatable bonds is 5. The van der Waals surface area contributed by atoms with Crippen LogP contribution < -0.4 is 11.1 Å². The topological polar surface area (TPSA) is 85.8 Å². The Morgan fingerprint density at radius 1 is 1.41 bits per heavy atom. The van der Waals surface area contributed by atoms with Crippen LogP contribution in [-0.2, 0) is 11.3 Å². The standard InChI is InChI=1S/C16H21N5O/c17-9-13-2-1-3-14(13)16(22)20-10-12-4-5-19-15(8-12)21-7-6-18-11-21/h4-8,11,13-14H,1-3,9-10,17H2,(H,20,22)/t13-,14-/m1/s1. The summed E-state index contributed by atoms with van der Waals surface area (Å²) in [5.41, 5.74) is 6.77. The van der Waals surface area contributed by atoms with Crippen LogP contribution in [0.1, 0.15) is 24.8 Å². The third-order valence-corrected chi connectivity index (χ3v) is 4.34. The van der Waals surface area contributed by atoms with Crippen molar-refractivity contribution in [1.29, 1.82) is 0 Å². The summed E-state index contributed by atoms with van der Waals surface area (Å²) in [6.45, 7) is 1.11. The molecule has 0 spiro atoms. The van der Waals surface area contributed by atoms with Crippen LogP contribution in [0.25, 0.3) is 5.82 Å². The number of nitrogens with one attached hydrogen (secondary N) is 1. The molecule has 22 heavy (non-hydrogen) atoms. The van der Waals surface area contributed by atoms with Crippen molar-refractivity contribution in [3.05, 3.63) is 42.6 Å². The lowest BCUT2D eigenvalue weighted by Gasteiger charge is -2.17. The molecule has 0 aromatic carbocycles. The summed E-state index contributed by atoms with van der Waals surface area (Å²) in [4.78, 5) is 20.6. The Bertz CT molecular complexity index is 625. The zero-order valence-electron chi connectivity index (χ0n) is 12.5. The van der Waals surface area contributed by atoms with Gasteiger partial charge in [0.2, 0.25) is 5.91 Å². The number of carbonyl (C=O) groups excluding carboxylic acids is 1. The van der Waals surface area contributed by atoms with E-state index >= 15 is 0 Å². The second-order valence-electron chi connectivity index (χ2n) is 5.74. The minimum absolute atomic E-state index is 0.0694. The molecule has 1 aliphatic carbocycles. The first kappa shape index (κ1) is 14.7. The van der Waals surface area contributed by atoms with E-state index in [9.17, 15) is 4.79 Å². The lowest BCUT2D eigenvalue weighted by molar-refractivity contribution is -0.126. The minimum atomic E-state index is 0.0694. The number of imidazole rings is 1. The molecule has 0 saturated heterocycles. The van der Waals surface area contributed by atoms with Crippen molar-refractivity contribution in [2.75, 3.05) is 6.54 Å². The van der Waals surface area contributed by atoms with E-state index in [2.05, 4.69) is 15.3 Å². The van der Waals surface area contributed by atoms with Crippen molar-refractivity contribution in [2.24, 2.45) is 17.6 Å². The van der Waals surface area contributed by atoms with Crippen LogP contribution in [0.15, 0.2) is 37.1 Å². The summed E-state index contributed by atoms with van der Waals surface area (Å²) in [5.74, 6) is 1.32. The van der Waals surface area contributed by atoms with Gasteiger partial charge >= 0.3 is 0 Å². The summed E-state index contributed by atoms with van der Waals surface area (Å²) in [7, 11) is 0. The van der Waals surface area contributed by atoms with Crippen LogP contribution in [0.5, 0.6) is 0 Å². The Hall–Kier alpha value is -2.21.